The van der Waals surface area contributed by atoms with Crippen LogP contribution in [-0.2, 0) is 4.79 Å². The molecule has 0 aliphatic rings. The van der Waals surface area contributed by atoms with Crippen LogP contribution in [0.4, 0.5) is 5.69 Å². The van der Waals surface area contributed by atoms with Gasteiger partial charge in [-0.1, -0.05) is 25.1 Å². The van der Waals surface area contributed by atoms with E-state index in [4.69, 9.17) is 5.73 Å². The fourth-order valence-corrected chi connectivity index (χ4v) is 0.989. The maximum atomic E-state index is 10.9. The Labute approximate surface area is 83.6 Å². The standard InChI is InChI=1S/C11H14N2O/c1-2-11(14)13-8-7-9-5-3-4-6-10(9)12/h3-8H,2,12H2,1H3,(H,13,14). The van der Waals surface area contributed by atoms with Crippen LogP contribution in [0.3, 0.4) is 0 Å². The Bertz CT molecular complexity index is 345. The third kappa shape index (κ3) is 2.94. The van der Waals surface area contributed by atoms with E-state index < -0.39 is 0 Å². The molecule has 1 rings (SSSR count). The lowest BCUT2D eigenvalue weighted by Gasteiger charge is -1.99. The predicted octanol–water partition coefficient (Wildman–Crippen LogP) is 1.77. The van der Waals surface area contributed by atoms with Crippen molar-refractivity contribution in [3.05, 3.63) is 36.0 Å². The fourth-order valence-electron chi connectivity index (χ4n) is 0.989. The minimum Gasteiger partial charge on any atom is -0.398 e. The quantitative estimate of drug-likeness (QED) is 0.713. The molecular weight excluding hydrogens is 176 g/mol. The molecular formula is C11H14N2O. The number of benzene rings is 1. The highest BCUT2D eigenvalue weighted by Gasteiger charge is 1.93. The molecule has 0 atom stereocenters. The number of para-hydroxylation sites is 1. The summed E-state index contributed by atoms with van der Waals surface area (Å²) in [5.41, 5.74) is 7.32. The molecule has 0 aromatic heterocycles. The van der Waals surface area contributed by atoms with Crippen LogP contribution in [0.15, 0.2) is 30.5 Å². The molecule has 0 saturated heterocycles. The van der Waals surface area contributed by atoms with Gasteiger partial charge in [-0.3, -0.25) is 4.79 Å². The van der Waals surface area contributed by atoms with E-state index in [2.05, 4.69) is 5.32 Å². The van der Waals surface area contributed by atoms with Crippen LogP contribution in [0, 0.1) is 0 Å². The number of hydrogen-bond acceptors (Lipinski definition) is 2. The van der Waals surface area contributed by atoms with Gasteiger partial charge in [0.2, 0.25) is 5.91 Å². The summed E-state index contributed by atoms with van der Waals surface area (Å²) in [7, 11) is 0. The average molecular weight is 190 g/mol. The van der Waals surface area contributed by atoms with Crippen molar-refractivity contribution in [3.63, 3.8) is 0 Å². The second kappa shape index (κ2) is 5.07. The number of nitrogens with one attached hydrogen (secondary N) is 1. The topological polar surface area (TPSA) is 55.1 Å². The van der Waals surface area contributed by atoms with Crippen molar-refractivity contribution in [1.29, 1.82) is 0 Å². The Balaban J connectivity index is 2.60. The SMILES string of the molecule is CCC(=O)NC=Cc1ccccc1N. The highest BCUT2D eigenvalue weighted by molar-refractivity contribution is 5.77. The molecule has 0 saturated carbocycles. The summed E-state index contributed by atoms with van der Waals surface area (Å²) >= 11 is 0. The highest BCUT2D eigenvalue weighted by Crippen LogP contribution is 2.11. The van der Waals surface area contributed by atoms with E-state index in [0.717, 1.165) is 5.56 Å². The summed E-state index contributed by atoms with van der Waals surface area (Å²) in [5.74, 6) is -0.00393. The summed E-state index contributed by atoms with van der Waals surface area (Å²) in [5, 5.41) is 2.63. The maximum absolute atomic E-state index is 10.9. The second-order valence-electron chi connectivity index (χ2n) is 2.88. The van der Waals surface area contributed by atoms with Gasteiger partial charge in [0.05, 0.1) is 0 Å². The second-order valence-corrected chi connectivity index (χ2v) is 2.88. The zero-order valence-electron chi connectivity index (χ0n) is 8.16. The van der Waals surface area contributed by atoms with Crippen molar-refractivity contribution < 1.29 is 4.79 Å². The summed E-state index contributed by atoms with van der Waals surface area (Å²) in [6, 6.07) is 7.49. The molecule has 0 bridgehead atoms. The van der Waals surface area contributed by atoms with Crippen LogP contribution < -0.4 is 11.1 Å². The van der Waals surface area contributed by atoms with Crippen LogP contribution in [0.25, 0.3) is 6.08 Å². The van der Waals surface area contributed by atoms with Crippen molar-refractivity contribution in [2.24, 2.45) is 0 Å². The molecule has 1 amide bonds. The molecule has 0 radical (unpaired) electrons. The Morgan fingerprint density at radius 3 is 2.86 bits per heavy atom. The van der Waals surface area contributed by atoms with Crippen molar-refractivity contribution >= 4 is 17.7 Å². The van der Waals surface area contributed by atoms with Gasteiger partial charge >= 0.3 is 0 Å². The first-order valence-corrected chi connectivity index (χ1v) is 4.54. The first-order valence-electron chi connectivity index (χ1n) is 4.54. The number of nitrogens with two attached hydrogens (primary N) is 1. The average Bonchev–Trinajstić information content (AvgIpc) is 2.20. The smallest absolute Gasteiger partial charge is 0.223 e. The molecule has 1 aromatic carbocycles. The highest BCUT2D eigenvalue weighted by atomic mass is 16.1. The summed E-state index contributed by atoms with van der Waals surface area (Å²) < 4.78 is 0. The Morgan fingerprint density at radius 2 is 2.21 bits per heavy atom. The van der Waals surface area contributed by atoms with Gasteiger partial charge in [-0.15, -0.1) is 0 Å². The summed E-state index contributed by atoms with van der Waals surface area (Å²) in [6.07, 6.45) is 3.87. The van der Waals surface area contributed by atoms with Gasteiger partial charge in [-0.05, 0) is 17.7 Å². The number of hydrogen-bond donors (Lipinski definition) is 2. The number of anilines is 1. The van der Waals surface area contributed by atoms with Gasteiger partial charge in [0.1, 0.15) is 0 Å². The Kier molecular flexibility index (Phi) is 3.73. The molecule has 0 aliphatic heterocycles. The zero-order valence-corrected chi connectivity index (χ0v) is 8.16. The molecule has 3 nitrogen and oxygen atoms in total. The van der Waals surface area contributed by atoms with Crippen LogP contribution in [0.2, 0.25) is 0 Å². The lowest BCUT2D eigenvalue weighted by molar-refractivity contribution is -0.119. The lowest BCUT2D eigenvalue weighted by atomic mass is 10.2. The van der Waals surface area contributed by atoms with Crippen molar-refractivity contribution in [2.45, 2.75) is 13.3 Å². The molecule has 3 N–H and O–H groups in total. The van der Waals surface area contributed by atoms with E-state index in [1.807, 2.05) is 24.3 Å². The molecule has 0 fully saturated rings. The third-order valence-corrected chi connectivity index (χ3v) is 1.82. The first kappa shape index (κ1) is 10.3. The molecule has 0 heterocycles. The molecule has 3 heteroatoms. The van der Waals surface area contributed by atoms with Crippen molar-refractivity contribution in [2.75, 3.05) is 5.73 Å². The monoisotopic (exact) mass is 190 g/mol. The van der Waals surface area contributed by atoms with E-state index in [1.165, 1.54) is 0 Å². The van der Waals surface area contributed by atoms with Gasteiger partial charge in [0.25, 0.3) is 0 Å². The normalized spacial score (nSPS) is 10.4. The van der Waals surface area contributed by atoms with E-state index in [0.29, 0.717) is 12.1 Å². The first-order chi connectivity index (χ1) is 6.74. The van der Waals surface area contributed by atoms with Crippen LogP contribution in [-0.4, -0.2) is 5.91 Å². The number of rotatable bonds is 3. The summed E-state index contributed by atoms with van der Waals surface area (Å²) in [4.78, 5) is 10.9. The molecule has 14 heavy (non-hydrogen) atoms. The van der Waals surface area contributed by atoms with Crippen molar-refractivity contribution in [1.82, 2.24) is 5.32 Å². The Hall–Kier alpha value is -1.77. The third-order valence-electron chi connectivity index (χ3n) is 1.82. The molecule has 1 aromatic rings. The van der Waals surface area contributed by atoms with Crippen LogP contribution >= 0.6 is 0 Å². The largest absolute Gasteiger partial charge is 0.398 e. The van der Waals surface area contributed by atoms with E-state index in [9.17, 15) is 4.79 Å². The fraction of sp³-hybridized carbons (Fsp3) is 0.182. The number of carbonyl (C=O) groups excluding carboxylic acids is 1. The maximum Gasteiger partial charge on any atom is 0.223 e. The van der Waals surface area contributed by atoms with Crippen LogP contribution in [0.5, 0.6) is 0 Å². The summed E-state index contributed by atoms with van der Waals surface area (Å²) in [6.45, 7) is 1.81. The molecule has 0 unspecified atom stereocenters. The lowest BCUT2D eigenvalue weighted by Crippen LogP contribution is -2.14. The van der Waals surface area contributed by atoms with E-state index >= 15 is 0 Å². The van der Waals surface area contributed by atoms with Gasteiger partial charge in [0.15, 0.2) is 0 Å². The minimum absolute atomic E-state index is 0.00393. The number of carbonyl (C=O) groups is 1. The minimum atomic E-state index is -0.00393. The van der Waals surface area contributed by atoms with Crippen LogP contribution in [0.1, 0.15) is 18.9 Å². The molecule has 0 spiro atoms. The Morgan fingerprint density at radius 1 is 1.50 bits per heavy atom. The molecule has 0 aliphatic carbocycles. The van der Waals surface area contributed by atoms with Gasteiger partial charge < -0.3 is 11.1 Å². The van der Waals surface area contributed by atoms with Gasteiger partial charge in [-0.25, -0.2) is 0 Å². The molecule has 74 valence electrons. The van der Waals surface area contributed by atoms with E-state index in [1.54, 1.807) is 19.2 Å². The zero-order chi connectivity index (χ0) is 10.4. The number of nitrogen functional groups attached to an aromatic ring is 1. The van der Waals surface area contributed by atoms with Gasteiger partial charge in [-0.2, -0.15) is 0 Å². The van der Waals surface area contributed by atoms with Gasteiger partial charge in [0, 0.05) is 18.3 Å². The van der Waals surface area contributed by atoms with E-state index in [-0.39, 0.29) is 5.91 Å². The number of amides is 1. The predicted molar refractivity (Wildman–Crippen MR) is 58.3 cm³/mol. The van der Waals surface area contributed by atoms with Crippen molar-refractivity contribution in [3.8, 4) is 0 Å².